The average molecular weight is 489 g/mol. The second-order valence-electron chi connectivity index (χ2n) is 10.7. The van der Waals surface area contributed by atoms with Crippen molar-refractivity contribution in [3.63, 3.8) is 0 Å². The number of nitrogens with one attached hydrogen (secondary N) is 1. The predicted octanol–water partition coefficient (Wildman–Crippen LogP) is 8.43. The largest absolute Gasteiger partial charge is 0.396 e. The van der Waals surface area contributed by atoms with Gasteiger partial charge < -0.3 is 11.1 Å². The molecule has 0 saturated heterocycles. The van der Waals surface area contributed by atoms with E-state index in [0.29, 0.717) is 11.1 Å². The minimum absolute atomic E-state index is 0.289. The molecule has 3 N–H and O–H groups in total. The number of nitrogens with zero attached hydrogens (tertiary/aromatic N) is 1. The van der Waals surface area contributed by atoms with Gasteiger partial charge in [-0.25, -0.2) is 0 Å². The van der Waals surface area contributed by atoms with Gasteiger partial charge >= 0.3 is 0 Å². The van der Waals surface area contributed by atoms with E-state index in [2.05, 4.69) is 66.9 Å². The molecule has 31 heavy (non-hydrogen) atoms. The fourth-order valence-electron chi connectivity index (χ4n) is 4.82. The second kappa shape index (κ2) is 10.1. The Morgan fingerprint density at radius 2 is 1.61 bits per heavy atom. The molecule has 3 nitrogen and oxygen atoms in total. The Bertz CT molecular complexity index is 848. The van der Waals surface area contributed by atoms with Gasteiger partial charge in [-0.1, -0.05) is 63.4 Å². The Labute approximate surface area is 198 Å². The van der Waals surface area contributed by atoms with Crippen LogP contribution in [-0.2, 0) is 0 Å². The molecule has 1 heterocycles. The van der Waals surface area contributed by atoms with E-state index < -0.39 is 0 Å². The van der Waals surface area contributed by atoms with Crippen LogP contribution in [0, 0.1) is 22.7 Å². The summed E-state index contributed by atoms with van der Waals surface area (Å²) in [5.41, 5.74) is 9.73. The van der Waals surface area contributed by atoms with Crippen LogP contribution in [-0.4, -0.2) is 11.5 Å². The lowest BCUT2D eigenvalue weighted by Crippen LogP contribution is -2.39. The van der Waals surface area contributed by atoms with Crippen LogP contribution in [0.5, 0.6) is 0 Å². The van der Waals surface area contributed by atoms with Gasteiger partial charge in [-0.3, -0.25) is 4.98 Å². The number of pyridine rings is 1. The summed E-state index contributed by atoms with van der Waals surface area (Å²) >= 11 is 3.48. The zero-order chi connectivity index (χ0) is 22.6. The molecule has 4 rings (SSSR count). The molecular weight excluding hydrogens is 446 g/mol. The predicted molar refractivity (Wildman–Crippen MR) is 139 cm³/mol. The molecule has 2 saturated carbocycles. The minimum atomic E-state index is 0.289. The van der Waals surface area contributed by atoms with E-state index in [-0.39, 0.29) is 5.41 Å². The summed E-state index contributed by atoms with van der Waals surface area (Å²) in [7, 11) is 0. The third-order valence-electron chi connectivity index (χ3n) is 8.57. The van der Waals surface area contributed by atoms with Crippen molar-refractivity contribution in [2.24, 2.45) is 22.7 Å². The summed E-state index contributed by atoms with van der Waals surface area (Å²) < 4.78 is 1.03. The standard InChI is InChI=1S/C16H22BrN3.C11H20/c1-4-16(3,5-2)10-20-15-12-7-6-11(17)8-14(12)19-9-13(15)18;1-11(2,9-5-3-6-9)10-7-4-8-10/h6-9H,4-5,10,18H2,1-3H3,(H,19,20);9-10H,3-8H2,1-2H3. The maximum atomic E-state index is 6.10. The highest BCUT2D eigenvalue weighted by Crippen LogP contribution is 2.52. The molecule has 0 amide bonds. The number of nitrogens with two attached hydrogens (primary N) is 1. The van der Waals surface area contributed by atoms with E-state index in [0.717, 1.165) is 52.3 Å². The fraction of sp³-hybridized carbons (Fsp3) is 0.667. The Kier molecular flexibility index (Phi) is 7.94. The molecule has 0 unspecified atom stereocenters. The second-order valence-corrected chi connectivity index (χ2v) is 11.6. The first-order valence-electron chi connectivity index (χ1n) is 12.3. The highest BCUT2D eigenvalue weighted by atomic mass is 79.9. The highest BCUT2D eigenvalue weighted by molar-refractivity contribution is 9.10. The van der Waals surface area contributed by atoms with Crippen LogP contribution in [0.15, 0.2) is 28.9 Å². The van der Waals surface area contributed by atoms with Gasteiger partial charge in [-0.05, 0) is 79.4 Å². The molecule has 0 spiro atoms. The molecule has 2 aromatic rings. The smallest absolute Gasteiger partial charge is 0.0743 e. The quantitative estimate of drug-likeness (QED) is 0.411. The first-order valence-corrected chi connectivity index (χ1v) is 13.1. The third-order valence-corrected chi connectivity index (χ3v) is 9.07. The molecule has 0 aliphatic heterocycles. The average Bonchev–Trinajstić information content (AvgIpc) is 2.64. The van der Waals surface area contributed by atoms with Gasteiger partial charge in [-0.15, -0.1) is 0 Å². The summed E-state index contributed by atoms with van der Waals surface area (Å²) in [5, 5.41) is 4.61. The van der Waals surface area contributed by atoms with Gasteiger partial charge in [-0.2, -0.15) is 0 Å². The molecular formula is C27H42BrN3. The van der Waals surface area contributed by atoms with Crippen molar-refractivity contribution in [1.82, 2.24) is 4.98 Å². The molecule has 2 aliphatic carbocycles. The van der Waals surface area contributed by atoms with Crippen molar-refractivity contribution in [3.8, 4) is 0 Å². The Morgan fingerprint density at radius 1 is 1.03 bits per heavy atom. The van der Waals surface area contributed by atoms with Crippen LogP contribution in [0.25, 0.3) is 10.9 Å². The van der Waals surface area contributed by atoms with Crippen molar-refractivity contribution in [3.05, 3.63) is 28.9 Å². The van der Waals surface area contributed by atoms with Crippen LogP contribution in [0.3, 0.4) is 0 Å². The first kappa shape index (κ1) is 24.4. The Morgan fingerprint density at radius 3 is 2.10 bits per heavy atom. The topological polar surface area (TPSA) is 50.9 Å². The number of fused-ring (bicyclic) bond motifs is 1. The SMILES string of the molecule is CC(C)(C1CCC1)C1CCC1.CCC(C)(CC)CNc1c(N)cnc2cc(Br)ccc12. The molecule has 0 radical (unpaired) electrons. The lowest BCUT2D eigenvalue weighted by Gasteiger charge is -2.49. The summed E-state index contributed by atoms with van der Waals surface area (Å²) in [4.78, 5) is 4.39. The van der Waals surface area contributed by atoms with E-state index in [1.807, 2.05) is 12.1 Å². The molecule has 0 bridgehead atoms. The third kappa shape index (κ3) is 5.56. The number of anilines is 2. The van der Waals surface area contributed by atoms with Crippen molar-refractivity contribution in [1.29, 1.82) is 0 Å². The lowest BCUT2D eigenvalue weighted by molar-refractivity contribution is 0.0135. The molecule has 2 aliphatic rings. The molecule has 0 atom stereocenters. The summed E-state index contributed by atoms with van der Waals surface area (Å²) in [5.74, 6) is 2.15. The van der Waals surface area contributed by atoms with Gasteiger partial charge in [0.2, 0.25) is 0 Å². The maximum absolute atomic E-state index is 6.10. The van der Waals surface area contributed by atoms with Crippen LogP contribution >= 0.6 is 15.9 Å². The lowest BCUT2D eigenvalue weighted by atomic mass is 9.56. The van der Waals surface area contributed by atoms with E-state index in [1.54, 1.807) is 6.20 Å². The zero-order valence-electron chi connectivity index (χ0n) is 20.2. The zero-order valence-corrected chi connectivity index (χ0v) is 21.8. The highest BCUT2D eigenvalue weighted by Gasteiger charge is 2.42. The number of rotatable bonds is 7. The molecule has 2 fully saturated rings. The molecule has 1 aromatic heterocycles. The van der Waals surface area contributed by atoms with E-state index in [4.69, 9.17) is 5.73 Å². The van der Waals surface area contributed by atoms with Crippen molar-refractivity contribution in [2.75, 3.05) is 17.6 Å². The van der Waals surface area contributed by atoms with Crippen molar-refractivity contribution >= 4 is 38.2 Å². The number of benzene rings is 1. The van der Waals surface area contributed by atoms with Crippen molar-refractivity contribution in [2.45, 2.75) is 86.0 Å². The van der Waals surface area contributed by atoms with Gasteiger partial charge in [0.1, 0.15) is 0 Å². The van der Waals surface area contributed by atoms with Crippen molar-refractivity contribution < 1.29 is 0 Å². The van der Waals surface area contributed by atoms with Gasteiger partial charge in [0.05, 0.1) is 23.1 Å². The fourth-order valence-corrected chi connectivity index (χ4v) is 5.17. The number of halogens is 1. The molecule has 4 heteroatoms. The Balaban J connectivity index is 0.000000207. The Hall–Kier alpha value is -1.29. The molecule has 172 valence electrons. The molecule has 1 aromatic carbocycles. The van der Waals surface area contributed by atoms with Crippen LogP contribution in [0.2, 0.25) is 0 Å². The normalized spacial score (nSPS) is 17.5. The van der Waals surface area contributed by atoms with Gasteiger partial charge in [0.15, 0.2) is 0 Å². The van der Waals surface area contributed by atoms with Crippen LogP contribution in [0.1, 0.15) is 86.0 Å². The number of nitrogen functional groups attached to an aromatic ring is 1. The van der Waals surface area contributed by atoms with Crippen LogP contribution in [0.4, 0.5) is 11.4 Å². The summed E-state index contributed by atoms with van der Waals surface area (Å²) in [6.07, 6.45) is 13.1. The van der Waals surface area contributed by atoms with Gasteiger partial charge in [0, 0.05) is 16.4 Å². The minimum Gasteiger partial charge on any atom is -0.396 e. The van der Waals surface area contributed by atoms with Gasteiger partial charge in [0.25, 0.3) is 0 Å². The van der Waals surface area contributed by atoms with E-state index >= 15 is 0 Å². The number of hydrogen-bond donors (Lipinski definition) is 2. The first-order chi connectivity index (χ1) is 14.7. The van der Waals surface area contributed by atoms with Crippen LogP contribution < -0.4 is 11.1 Å². The van der Waals surface area contributed by atoms with E-state index in [9.17, 15) is 0 Å². The maximum Gasteiger partial charge on any atom is 0.0743 e. The van der Waals surface area contributed by atoms with E-state index in [1.165, 1.54) is 38.5 Å². The number of aromatic nitrogens is 1. The summed E-state index contributed by atoms with van der Waals surface area (Å²) in [6.45, 7) is 12.7. The number of hydrogen-bond acceptors (Lipinski definition) is 3. The summed E-state index contributed by atoms with van der Waals surface area (Å²) in [6, 6.07) is 6.09. The monoisotopic (exact) mass is 487 g/mol.